The van der Waals surface area contributed by atoms with Crippen molar-refractivity contribution in [3.8, 4) is 0 Å². The predicted octanol–water partition coefficient (Wildman–Crippen LogP) is 1.34. The molecule has 0 amide bonds. The molecule has 2 unspecified atom stereocenters. The molecule has 2 rings (SSSR count). The number of aliphatic carboxylic acids is 1. The molecular formula is C13H20N2O4S. The van der Waals surface area contributed by atoms with Crippen molar-refractivity contribution in [2.45, 2.75) is 43.0 Å². The first-order valence-electron chi connectivity index (χ1n) is 6.67. The molecule has 1 heterocycles. The number of aromatic nitrogens is 1. The summed E-state index contributed by atoms with van der Waals surface area (Å²) in [4.78, 5) is 11.8. The van der Waals surface area contributed by atoms with Crippen LogP contribution in [0.3, 0.4) is 0 Å². The van der Waals surface area contributed by atoms with Crippen molar-refractivity contribution in [2.75, 3.05) is 0 Å². The van der Waals surface area contributed by atoms with Gasteiger partial charge in [0.25, 0.3) is 0 Å². The first kappa shape index (κ1) is 15.1. The third-order valence-electron chi connectivity index (χ3n) is 4.11. The number of carboxylic acid groups (broad SMARTS) is 1. The van der Waals surface area contributed by atoms with Gasteiger partial charge in [-0.05, 0) is 24.8 Å². The van der Waals surface area contributed by atoms with Crippen molar-refractivity contribution in [1.82, 2.24) is 9.29 Å². The van der Waals surface area contributed by atoms with E-state index < -0.39 is 21.5 Å². The Labute approximate surface area is 118 Å². The zero-order chi connectivity index (χ0) is 15.0. The quantitative estimate of drug-likeness (QED) is 0.878. The monoisotopic (exact) mass is 300 g/mol. The van der Waals surface area contributed by atoms with Crippen LogP contribution in [0, 0.1) is 5.92 Å². The summed E-state index contributed by atoms with van der Waals surface area (Å²) in [5.74, 6) is -1.32. The Bertz CT molecular complexity index is 608. The molecule has 2 atom stereocenters. The number of carboxylic acids is 1. The number of nitrogens with one attached hydrogen (secondary N) is 1. The summed E-state index contributed by atoms with van der Waals surface area (Å²) < 4.78 is 28.8. The lowest BCUT2D eigenvalue weighted by atomic mass is 9.74. The van der Waals surface area contributed by atoms with Gasteiger partial charge in [0, 0.05) is 19.4 Å². The molecule has 7 heteroatoms. The van der Waals surface area contributed by atoms with Crippen LogP contribution in [0.5, 0.6) is 0 Å². The highest BCUT2D eigenvalue weighted by molar-refractivity contribution is 7.89. The van der Waals surface area contributed by atoms with Gasteiger partial charge >= 0.3 is 5.97 Å². The summed E-state index contributed by atoms with van der Waals surface area (Å²) >= 11 is 0. The molecule has 1 aliphatic rings. The van der Waals surface area contributed by atoms with E-state index in [-0.39, 0.29) is 10.8 Å². The number of sulfonamides is 1. The van der Waals surface area contributed by atoms with Gasteiger partial charge in [0.2, 0.25) is 10.0 Å². The van der Waals surface area contributed by atoms with Crippen molar-refractivity contribution in [3.63, 3.8) is 0 Å². The van der Waals surface area contributed by atoms with Crippen LogP contribution in [-0.4, -0.2) is 29.6 Å². The average Bonchev–Trinajstić information content (AvgIpc) is 2.79. The minimum Gasteiger partial charge on any atom is -0.480 e. The normalized spacial score (nSPS) is 27.4. The van der Waals surface area contributed by atoms with Crippen molar-refractivity contribution < 1.29 is 18.3 Å². The Kier molecular flexibility index (Phi) is 3.93. The molecule has 0 saturated heterocycles. The standard InChI is InChI=1S/C13H20N2O4S/c1-10-5-3-4-7-13(10,12(16)17)14-20(18,19)11-6-8-15(2)9-11/h6,8-10,14H,3-5,7H2,1-2H3,(H,16,17). The van der Waals surface area contributed by atoms with Crippen LogP contribution in [-0.2, 0) is 21.9 Å². The number of hydrogen-bond donors (Lipinski definition) is 2. The second kappa shape index (κ2) is 5.21. The van der Waals surface area contributed by atoms with Gasteiger partial charge in [0.05, 0.1) is 4.90 Å². The Morgan fingerprint density at radius 3 is 2.70 bits per heavy atom. The summed E-state index contributed by atoms with van der Waals surface area (Å²) in [7, 11) is -2.11. The molecule has 0 spiro atoms. The lowest BCUT2D eigenvalue weighted by molar-refractivity contribution is -0.147. The predicted molar refractivity (Wildman–Crippen MR) is 73.7 cm³/mol. The van der Waals surface area contributed by atoms with E-state index in [4.69, 9.17) is 0 Å². The number of hydrogen-bond acceptors (Lipinski definition) is 3. The van der Waals surface area contributed by atoms with E-state index in [9.17, 15) is 18.3 Å². The second-order valence-corrected chi connectivity index (χ2v) is 7.22. The molecule has 6 nitrogen and oxygen atoms in total. The van der Waals surface area contributed by atoms with E-state index >= 15 is 0 Å². The highest BCUT2D eigenvalue weighted by atomic mass is 32.2. The van der Waals surface area contributed by atoms with Crippen LogP contribution in [0.2, 0.25) is 0 Å². The molecule has 0 bridgehead atoms. The van der Waals surface area contributed by atoms with Gasteiger partial charge in [-0.15, -0.1) is 0 Å². The zero-order valence-corrected chi connectivity index (χ0v) is 12.5. The summed E-state index contributed by atoms with van der Waals surface area (Å²) in [5, 5.41) is 9.54. The van der Waals surface area contributed by atoms with E-state index in [1.807, 2.05) is 0 Å². The first-order chi connectivity index (χ1) is 9.28. The summed E-state index contributed by atoms with van der Waals surface area (Å²) in [6.45, 7) is 1.79. The molecule has 1 saturated carbocycles. The fourth-order valence-corrected chi connectivity index (χ4v) is 4.33. The van der Waals surface area contributed by atoms with Gasteiger partial charge < -0.3 is 9.67 Å². The molecular weight excluding hydrogens is 280 g/mol. The highest BCUT2D eigenvalue weighted by Gasteiger charge is 2.48. The molecule has 1 aliphatic carbocycles. The third-order valence-corrected chi connectivity index (χ3v) is 5.61. The first-order valence-corrected chi connectivity index (χ1v) is 8.15. The summed E-state index contributed by atoms with van der Waals surface area (Å²) in [5.41, 5.74) is -1.40. The van der Waals surface area contributed by atoms with Gasteiger partial charge in [0.1, 0.15) is 5.54 Å². The fourth-order valence-electron chi connectivity index (χ4n) is 2.80. The molecule has 1 aromatic rings. The Morgan fingerprint density at radius 2 is 2.20 bits per heavy atom. The van der Waals surface area contributed by atoms with E-state index in [0.29, 0.717) is 19.3 Å². The van der Waals surface area contributed by atoms with Crippen molar-refractivity contribution in [2.24, 2.45) is 13.0 Å². The van der Waals surface area contributed by atoms with Crippen LogP contribution >= 0.6 is 0 Å². The summed E-state index contributed by atoms with van der Waals surface area (Å²) in [6.07, 6.45) is 5.77. The molecule has 0 radical (unpaired) electrons. The zero-order valence-electron chi connectivity index (χ0n) is 11.7. The van der Waals surface area contributed by atoms with E-state index in [2.05, 4.69) is 4.72 Å². The van der Waals surface area contributed by atoms with Crippen LogP contribution in [0.15, 0.2) is 23.4 Å². The Balaban J connectivity index is 2.35. The highest BCUT2D eigenvalue weighted by Crippen LogP contribution is 2.35. The third kappa shape index (κ3) is 2.60. The van der Waals surface area contributed by atoms with E-state index in [0.717, 1.165) is 6.42 Å². The van der Waals surface area contributed by atoms with Crippen LogP contribution in [0.1, 0.15) is 32.6 Å². The van der Waals surface area contributed by atoms with Crippen molar-refractivity contribution in [3.05, 3.63) is 18.5 Å². The van der Waals surface area contributed by atoms with Gasteiger partial charge in [-0.2, -0.15) is 4.72 Å². The van der Waals surface area contributed by atoms with Gasteiger partial charge in [0.15, 0.2) is 0 Å². The molecule has 1 aromatic heterocycles. The molecule has 1 fully saturated rings. The number of aryl methyl sites for hydroxylation is 1. The Morgan fingerprint density at radius 1 is 1.50 bits per heavy atom. The number of nitrogens with zero attached hydrogens (tertiary/aromatic N) is 1. The van der Waals surface area contributed by atoms with Gasteiger partial charge in [-0.25, -0.2) is 8.42 Å². The topological polar surface area (TPSA) is 88.4 Å². The average molecular weight is 300 g/mol. The number of rotatable bonds is 4. The van der Waals surface area contributed by atoms with Crippen LogP contribution in [0.4, 0.5) is 0 Å². The van der Waals surface area contributed by atoms with Crippen LogP contribution < -0.4 is 4.72 Å². The molecule has 20 heavy (non-hydrogen) atoms. The molecule has 0 aromatic carbocycles. The molecule has 2 N–H and O–H groups in total. The minimum absolute atomic E-state index is 0.0957. The Hall–Kier alpha value is -1.34. The second-order valence-electron chi connectivity index (χ2n) is 5.54. The smallest absolute Gasteiger partial charge is 0.325 e. The maximum atomic E-state index is 12.4. The summed E-state index contributed by atoms with van der Waals surface area (Å²) in [6, 6.07) is 1.46. The maximum Gasteiger partial charge on any atom is 0.325 e. The fraction of sp³-hybridized carbons (Fsp3) is 0.615. The van der Waals surface area contributed by atoms with Gasteiger partial charge in [-0.1, -0.05) is 19.8 Å². The molecule has 0 aliphatic heterocycles. The van der Waals surface area contributed by atoms with Crippen LogP contribution in [0.25, 0.3) is 0 Å². The molecule has 112 valence electrons. The lowest BCUT2D eigenvalue weighted by Gasteiger charge is -2.39. The van der Waals surface area contributed by atoms with Crippen molar-refractivity contribution in [1.29, 1.82) is 0 Å². The van der Waals surface area contributed by atoms with E-state index in [1.165, 1.54) is 12.3 Å². The van der Waals surface area contributed by atoms with Crippen molar-refractivity contribution >= 4 is 16.0 Å². The minimum atomic E-state index is -3.83. The SMILES string of the molecule is CC1CCCCC1(NS(=O)(=O)c1ccn(C)c1)C(=O)O. The maximum absolute atomic E-state index is 12.4. The number of carbonyl (C=O) groups is 1. The van der Waals surface area contributed by atoms with Gasteiger partial charge in [-0.3, -0.25) is 4.79 Å². The van der Waals surface area contributed by atoms with E-state index in [1.54, 1.807) is 24.7 Å². The largest absolute Gasteiger partial charge is 0.480 e. The lowest BCUT2D eigenvalue weighted by Crippen LogP contribution is -2.59.